The molecule has 1 aromatic rings. The van der Waals surface area contributed by atoms with Crippen LogP contribution in [-0.2, 0) is 9.53 Å². The minimum Gasteiger partial charge on any atom is -0.508 e. The van der Waals surface area contributed by atoms with Gasteiger partial charge in [-0.1, -0.05) is 13.3 Å². The van der Waals surface area contributed by atoms with Gasteiger partial charge in [0.1, 0.15) is 11.5 Å². The maximum absolute atomic E-state index is 11.0. The number of carbonyl (C=O) groups is 1. The Morgan fingerprint density at radius 3 is 2.89 bits per heavy atom. The third kappa shape index (κ3) is 4.49. The summed E-state index contributed by atoms with van der Waals surface area (Å²) in [7, 11) is 1.32. The molecule has 0 fully saturated rings. The van der Waals surface area contributed by atoms with Crippen LogP contribution in [0.15, 0.2) is 24.3 Å². The number of esters is 1. The zero-order chi connectivity index (χ0) is 13.4. The van der Waals surface area contributed by atoms with Crippen molar-refractivity contribution in [2.75, 3.05) is 13.7 Å². The molecule has 0 aliphatic heterocycles. The van der Waals surface area contributed by atoms with E-state index in [-0.39, 0.29) is 5.75 Å². The molecule has 1 rings (SSSR count). The maximum Gasteiger partial charge on any atom is 0.330 e. The van der Waals surface area contributed by atoms with E-state index in [4.69, 9.17) is 4.74 Å². The third-order valence-electron chi connectivity index (χ3n) is 2.35. The molecule has 0 radical (unpaired) electrons. The van der Waals surface area contributed by atoms with Gasteiger partial charge in [-0.05, 0) is 24.6 Å². The lowest BCUT2D eigenvalue weighted by Crippen LogP contribution is -1.98. The molecule has 0 aromatic heterocycles. The number of methoxy groups -OCH3 is 1. The summed E-state index contributed by atoms with van der Waals surface area (Å²) in [5, 5.41) is 9.42. The normalized spacial score (nSPS) is 10.6. The zero-order valence-corrected chi connectivity index (χ0v) is 10.7. The van der Waals surface area contributed by atoms with Gasteiger partial charge in [0.2, 0.25) is 0 Å². The molecule has 4 nitrogen and oxygen atoms in total. The molecule has 1 aromatic carbocycles. The van der Waals surface area contributed by atoms with Crippen molar-refractivity contribution in [1.82, 2.24) is 0 Å². The van der Waals surface area contributed by atoms with Gasteiger partial charge in [0.25, 0.3) is 0 Å². The van der Waals surface area contributed by atoms with Crippen LogP contribution >= 0.6 is 0 Å². The standard InChI is InChI=1S/C14H18O4/c1-3-4-9-18-13-10-12(15)7-5-11(13)6-8-14(16)17-2/h5-8,10,15H,3-4,9H2,1-2H3. The summed E-state index contributed by atoms with van der Waals surface area (Å²) in [4.78, 5) is 11.0. The molecule has 4 heteroatoms. The minimum atomic E-state index is -0.428. The van der Waals surface area contributed by atoms with Gasteiger partial charge < -0.3 is 14.6 Å². The number of aromatic hydroxyl groups is 1. The number of carbonyl (C=O) groups excluding carboxylic acids is 1. The van der Waals surface area contributed by atoms with Gasteiger partial charge in [0, 0.05) is 17.7 Å². The van der Waals surface area contributed by atoms with Crippen molar-refractivity contribution in [2.24, 2.45) is 0 Å². The third-order valence-corrected chi connectivity index (χ3v) is 2.35. The summed E-state index contributed by atoms with van der Waals surface area (Å²) < 4.78 is 10.1. The SMILES string of the molecule is CCCCOc1cc(O)ccc1C=CC(=O)OC. The van der Waals surface area contributed by atoms with Crippen LogP contribution in [0.5, 0.6) is 11.5 Å². The van der Waals surface area contributed by atoms with Crippen molar-refractivity contribution >= 4 is 12.0 Å². The van der Waals surface area contributed by atoms with Gasteiger partial charge >= 0.3 is 5.97 Å². The highest BCUT2D eigenvalue weighted by atomic mass is 16.5. The molecular formula is C14H18O4. The summed E-state index contributed by atoms with van der Waals surface area (Å²) in [6, 6.07) is 4.77. The van der Waals surface area contributed by atoms with Crippen LogP contribution in [0.1, 0.15) is 25.3 Å². The van der Waals surface area contributed by atoms with Gasteiger partial charge in [-0.3, -0.25) is 0 Å². The molecule has 0 saturated heterocycles. The molecule has 0 heterocycles. The Hall–Kier alpha value is -1.97. The number of ether oxygens (including phenoxy) is 2. The van der Waals surface area contributed by atoms with E-state index >= 15 is 0 Å². The largest absolute Gasteiger partial charge is 0.508 e. The van der Waals surface area contributed by atoms with Crippen molar-refractivity contribution in [3.05, 3.63) is 29.8 Å². The van der Waals surface area contributed by atoms with Crippen molar-refractivity contribution in [3.8, 4) is 11.5 Å². The van der Waals surface area contributed by atoms with E-state index in [1.807, 2.05) is 0 Å². The van der Waals surface area contributed by atoms with Crippen molar-refractivity contribution in [3.63, 3.8) is 0 Å². The number of phenols is 1. The Morgan fingerprint density at radius 2 is 2.22 bits per heavy atom. The molecule has 0 saturated carbocycles. The van der Waals surface area contributed by atoms with E-state index in [0.717, 1.165) is 18.4 Å². The van der Waals surface area contributed by atoms with Crippen molar-refractivity contribution in [2.45, 2.75) is 19.8 Å². The summed E-state index contributed by atoms with van der Waals surface area (Å²) >= 11 is 0. The van der Waals surface area contributed by atoms with Crippen LogP contribution in [-0.4, -0.2) is 24.8 Å². The molecule has 0 atom stereocenters. The first-order valence-electron chi connectivity index (χ1n) is 5.89. The second kappa shape index (κ2) is 7.37. The topological polar surface area (TPSA) is 55.8 Å². The molecule has 0 bridgehead atoms. The Labute approximate surface area is 107 Å². The first kappa shape index (κ1) is 14.1. The molecule has 98 valence electrons. The predicted molar refractivity (Wildman–Crippen MR) is 69.6 cm³/mol. The van der Waals surface area contributed by atoms with Crippen LogP contribution < -0.4 is 4.74 Å². The molecule has 0 aliphatic carbocycles. The van der Waals surface area contributed by atoms with Crippen LogP contribution in [0.25, 0.3) is 6.08 Å². The second-order valence-electron chi connectivity index (χ2n) is 3.78. The minimum absolute atomic E-state index is 0.136. The van der Waals surface area contributed by atoms with E-state index in [0.29, 0.717) is 12.4 Å². The summed E-state index contributed by atoms with van der Waals surface area (Å²) in [5.74, 6) is 0.267. The van der Waals surface area contributed by atoms with Crippen molar-refractivity contribution in [1.29, 1.82) is 0 Å². The summed E-state index contributed by atoms with van der Waals surface area (Å²) in [6.45, 7) is 2.66. The first-order valence-corrected chi connectivity index (χ1v) is 5.89. The van der Waals surface area contributed by atoms with Crippen LogP contribution in [0.4, 0.5) is 0 Å². The molecule has 18 heavy (non-hydrogen) atoms. The maximum atomic E-state index is 11.0. The number of phenolic OH excluding ortho intramolecular Hbond substituents is 1. The van der Waals surface area contributed by atoms with Crippen LogP contribution in [0.2, 0.25) is 0 Å². The first-order chi connectivity index (χ1) is 8.67. The molecule has 0 unspecified atom stereocenters. The van der Waals surface area contributed by atoms with E-state index in [2.05, 4.69) is 11.7 Å². The van der Waals surface area contributed by atoms with E-state index in [9.17, 15) is 9.90 Å². The van der Waals surface area contributed by atoms with E-state index < -0.39 is 5.97 Å². The smallest absolute Gasteiger partial charge is 0.330 e. The lowest BCUT2D eigenvalue weighted by Gasteiger charge is -2.09. The van der Waals surface area contributed by atoms with E-state index in [1.165, 1.54) is 19.3 Å². The summed E-state index contributed by atoms with van der Waals surface area (Å²) in [6.07, 6.45) is 4.90. The zero-order valence-electron chi connectivity index (χ0n) is 10.7. The Bertz CT molecular complexity index is 424. The van der Waals surface area contributed by atoms with Crippen LogP contribution in [0, 0.1) is 0 Å². The second-order valence-corrected chi connectivity index (χ2v) is 3.78. The summed E-state index contributed by atoms with van der Waals surface area (Å²) in [5.41, 5.74) is 0.731. The lowest BCUT2D eigenvalue weighted by molar-refractivity contribution is -0.134. The Balaban J connectivity index is 2.82. The molecular weight excluding hydrogens is 232 g/mol. The average molecular weight is 250 g/mol. The van der Waals surface area contributed by atoms with Gasteiger partial charge in [-0.2, -0.15) is 0 Å². The number of benzene rings is 1. The van der Waals surface area contributed by atoms with Gasteiger partial charge in [-0.25, -0.2) is 4.79 Å². The van der Waals surface area contributed by atoms with Gasteiger partial charge in [0.15, 0.2) is 0 Å². The molecule has 0 spiro atoms. The highest BCUT2D eigenvalue weighted by Crippen LogP contribution is 2.25. The highest BCUT2D eigenvalue weighted by molar-refractivity contribution is 5.87. The Morgan fingerprint density at radius 1 is 1.44 bits per heavy atom. The fraction of sp³-hybridized carbons (Fsp3) is 0.357. The quantitative estimate of drug-likeness (QED) is 0.479. The highest BCUT2D eigenvalue weighted by Gasteiger charge is 2.03. The number of rotatable bonds is 6. The fourth-order valence-electron chi connectivity index (χ4n) is 1.34. The molecule has 0 amide bonds. The average Bonchev–Trinajstić information content (AvgIpc) is 2.37. The van der Waals surface area contributed by atoms with Gasteiger partial charge in [0.05, 0.1) is 13.7 Å². The number of unbranched alkanes of at least 4 members (excludes halogenated alkanes) is 1. The predicted octanol–water partition coefficient (Wildman–Crippen LogP) is 2.76. The molecule has 1 N–H and O–H groups in total. The van der Waals surface area contributed by atoms with Gasteiger partial charge in [-0.15, -0.1) is 0 Å². The van der Waals surface area contributed by atoms with Crippen LogP contribution in [0.3, 0.4) is 0 Å². The van der Waals surface area contributed by atoms with E-state index in [1.54, 1.807) is 18.2 Å². The number of hydrogen-bond donors (Lipinski definition) is 1. The number of hydrogen-bond acceptors (Lipinski definition) is 4. The monoisotopic (exact) mass is 250 g/mol. The fourth-order valence-corrected chi connectivity index (χ4v) is 1.34. The Kier molecular flexibility index (Phi) is 5.77. The molecule has 0 aliphatic rings. The van der Waals surface area contributed by atoms with Crippen molar-refractivity contribution < 1.29 is 19.4 Å². The lowest BCUT2D eigenvalue weighted by atomic mass is 10.1.